The molecule has 1 fully saturated rings. The van der Waals surface area contributed by atoms with Crippen molar-refractivity contribution in [1.82, 2.24) is 24.8 Å². The maximum absolute atomic E-state index is 5.98. The summed E-state index contributed by atoms with van der Waals surface area (Å²) in [6, 6.07) is 10.0. The second-order valence-electron chi connectivity index (χ2n) is 6.75. The van der Waals surface area contributed by atoms with Gasteiger partial charge in [-0.3, -0.25) is 9.80 Å². The lowest BCUT2D eigenvalue weighted by Crippen LogP contribution is -2.30. The van der Waals surface area contributed by atoms with Gasteiger partial charge in [0.2, 0.25) is 0 Å². The Labute approximate surface area is 168 Å². The summed E-state index contributed by atoms with van der Waals surface area (Å²) < 4.78 is 0. The van der Waals surface area contributed by atoms with E-state index < -0.39 is 0 Å². The minimum Gasteiger partial charge on any atom is -0.298 e. The van der Waals surface area contributed by atoms with Crippen LogP contribution in [0.5, 0.6) is 0 Å². The molecule has 0 amide bonds. The molecular weight excluding hydrogens is 378 g/mol. The summed E-state index contributed by atoms with van der Waals surface area (Å²) >= 11 is 7.60. The Morgan fingerprint density at radius 2 is 1.63 bits per heavy atom. The van der Waals surface area contributed by atoms with Gasteiger partial charge >= 0.3 is 0 Å². The molecular formula is C20H22ClN5S. The molecule has 0 radical (unpaired) electrons. The summed E-state index contributed by atoms with van der Waals surface area (Å²) in [5, 5.41) is 3.82. The van der Waals surface area contributed by atoms with E-state index in [2.05, 4.69) is 37.3 Å². The number of hydrogen-bond acceptors (Lipinski definition) is 6. The molecule has 5 nitrogen and oxygen atoms in total. The summed E-state index contributed by atoms with van der Waals surface area (Å²) in [5.41, 5.74) is 2.42. The van der Waals surface area contributed by atoms with Crippen LogP contribution in [0.15, 0.2) is 48.1 Å². The first-order valence-corrected chi connectivity index (χ1v) is 10.4. The molecule has 0 saturated carbocycles. The van der Waals surface area contributed by atoms with Crippen molar-refractivity contribution in [2.24, 2.45) is 0 Å². The van der Waals surface area contributed by atoms with Gasteiger partial charge < -0.3 is 0 Å². The molecule has 7 heteroatoms. The summed E-state index contributed by atoms with van der Waals surface area (Å²) in [6.45, 7) is 6.23. The van der Waals surface area contributed by atoms with Gasteiger partial charge in [0.05, 0.1) is 5.69 Å². The van der Waals surface area contributed by atoms with Crippen LogP contribution >= 0.6 is 22.9 Å². The largest absolute Gasteiger partial charge is 0.298 e. The summed E-state index contributed by atoms with van der Waals surface area (Å²) in [5.74, 6) is 0.707. The Morgan fingerprint density at radius 3 is 2.37 bits per heavy atom. The zero-order valence-electron chi connectivity index (χ0n) is 15.1. The molecule has 3 heterocycles. The van der Waals surface area contributed by atoms with E-state index in [-0.39, 0.29) is 0 Å². The van der Waals surface area contributed by atoms with Crippen LogP contribution in [0.25, 0.3) is 10.8 Å². The smallest absolute Gasteiger partial charge is 0.188 e. The summed E-state index contributed by atoms with van der Waals surface area (Å²) in [6.07, 6.45) is 4.69. The summed E-state index contributed by atoms with van der Waals surface area (Å²) in [7, 11) is 0. The SMILES string of the molecule is Clc1ccc(CN2CCCN(Cc3csc(-c4ncccn4)n3)CC2)cc1. The van der Waals surface area contributed by atoms with Gasteiger partial charge in [-0.05, 0) is 43.3 Å². The van der Waals surface area contributed by atoms with Gasteiger partial charge in [0.15, 0.2) is 10.8 Å². The Balaban J connectivity index is 1.32. The standard InChI is InChI=1S/C20H22ClN5S/c21-17-5-3-16(4-6-17)13-25-9-2-10-26(12-11-25)14-18-15-27-20(24-18)19-22-7-1-8-23-19/h1,3-8,15H,2,9-14H2. The number of hydrogen-bond donors (Lipinski definition) is 0. The molecule has 0 bridgehead atoms. The molecule has 140 valence electrons. The number of nitrogens with zero attached hydrogens (tertiary/aromatic N) is 5. The van der Waals surface area contributed by atoms with Crippen LogP contribution in [0.4, 0.5) is 0 Å². The van der Waals surface area contributed by atoms with Gasteiger partial charge in [0.25, 0.3) is 0 Å². The van der Waals surface area contributed by atoms with E-state index in [4.69, 9.17) is 16.6 Å². The van der Waals surface area contributed by atoms with E-state index in [1.54, 1.807) is 23.7 Å². The second kappa shape index (κ2) is 8.89. The van der Waals surface area contributed by atoms with E-state index in [0.717, 1.165) is 55.0 Å². The van der Waals surface area contributed by atoms with Crippen LogP contribution in [-0.2, 0) is 13.1 Å². The predicted molar refractivity (Wildman–Crippen MR) is 110 cm³/mol. The zero-order valence-corrected chi connectivity index (χ0v) is 16.7. The average Bonchev–Trinajstić information content (AvgIpc) is 3.05. The van der Waals surface area contributed by atoms with Gasteiger partial charge in [0.1, 0.15) is 0 Å². The van der Waals surface area contributed by atoms with Crippen LogP contribution in [-0.4, -0.2) is 50.9 Å². The number of aromatic nitrogens is 3. The quantitative estimate of drug-likeness (QED) is 0.649. The molecule has 3 aromatic rings. The van der Waals surface area contributed by atoms with Crippen LogP contribution in [0, 0.1) is 0 Å². The zero-order chi connectivity index (χ0) is 18.5. The molecule has 0 unspecified atom stereocenters. The molecule has 1 aliphatic rings. The molecule has 2 aromatic heterocycles. The van der Waals surface area contributed by atoms with Crippen LogP contribution < -0.4 is 0 Å². The molecule has 1 saturated heterocycles. The highest BCUT2D eigenvalue weighted by Gasteiger charge is 2.17. The maximum atomic E-state index is 5.98. The van der Waals surface area contributed by atoms with Gasteiger partial charge in [-0.1, -0.05) is 23.7 Å². The van der Waals surface area contributed by atoms with Crippen molar-refractivity contribution < 1.29 is 0 Å². The second-order valence-corrected chi connectivity index (χ2v) is 8.04. The Morgan fingerprint density at radius 1 is 0.926 bits per heavy atom. The Hall–Kier alpha value is -1.86. The third-order valence-electron chi connectivity index (χ3n) is 4.69. The van der Waals surface area contributed by atoms with Crippen molar-refractivity contribution in [3.8, 4) is 10.8 Å². The van der Waals surface area contributed by atoms with Gasteiger partial charge in [-0.15, -0.1) is 11.3 Å². The fourth-order valence-corrected chi connectivity index (χ4v) is 4.19. The number of benzene rings is 1. The van der Waals surface area contributed by atoms with E-state index >= 15 is 0 Å². The Kier molecular flexibility index (Phi) is 6.09. The monoisotopic (exact) mass is 399 g/mol. The van der Waals surface area contributed by atoms with E-state index in [0.29, 0.717) is 5.82 Å². The van der Waals surface area contributed by atoms with Gasteiger partial charge in [0, 0.05) is 49.0 Å². The Bertz CT molecular complexity index is 852. The molecule has 0 atom stereocenters. The summed E-state index contributed by atoms with van der Waals surface area (Å²) in [4.78, 5) is 18.3. The molecule has 27 heavy (non-hydrogen) atoms. The first-order chi connectivity index (χ1) is 13.3. The average molecular weight is 400 g/mol. The van der Waals surface area contributed by atoms with E-state index in [1.165, 1.54) is 12.0 Å². The van der Waals surface area contributed by atoms with Crippen molar-refractivity contribution in [1.29, 1.82) is 0 Å². The third-order valence-corrected chi connectivity index (χ3v) is 5.83. The third kappa shape index (κ3) is 5.11. The van der Waals surface area contributed by atoms with Gasteiger partial charge in [-0.25, -0.2) is 15.0 Å². The van der Waals surface area contributed by atoms with Gasteiger partial charge in [-0.2, -0.15) is 0 Å². The number of rotatable bonds is 5. The molecule has 1 aliphatic heterocycles. The van der Waals surface area contributed by atoms with Crippen molar-refractivity contribution in [3.63, 3.8) is 0 Å². The fourth-order valence-electron chi connectivity index (χ4n) is 3.31. The lowest BCUT2D eigenvalue weighted by Gasteiger charge is -2.21. The highest BCUT2D eigenvalue weighted by atomic mass is 35.5. The van der Waals surface area contributed by atoms with Crippen molar-refractivity contribution in [3.05, 3.63) is 64.4 Å². The van der Waals surface area contributed by atoms with Crippen LogP contribution in [0.3, 0.4) is 0 Å². The highest BCUT2D eigenvalue weighted by molar-refractivity contribution is 7.13. The molecule has 1 aromatic carbocycles. The fraction of sp³-hybridized carbons (Fsp3) is 0.350. The first kappa shape index (κ1) is 18.5. The highest BCUT2D eigenvalue weighted by Crippen LogP contribution is 2.21. The molecule has 4 rings (SSSR count). The number of thiazole rings is 1. The van der Waals surface area contributed by atoms with Crippen molar-refractivity contribution in [2.75, 3.05) is 26.2 Å². The van der Waals surface area contributed by atoms with Crippen molar-refractivity contribution >= 4 is 22.9 Å². The topological polar surface area (TPSA) is 45.2 Å². The lowest BCUT2D eigenvalue weighted by molar-refractivity contribution is 0.246. The minimum atomic E-state index is 0.707. The van der Waals surface area contributed by atoms with Crippen molar-refractivity contribution in [2.45, 2.75) is 19.5 Å². The molecule has 0 spiro atoms. The van der Waals surface area contributed by atoms with Crippen LogP contribution in [0.1, 0.15) is 17.7 Å². The maximum Gasteiger partial charge on any atom is 0.188 e. The molecule has 0 N–H and O–H groups in total. The first-order valence-electron chi connectivity index (χ1n) is 9.17. The minimum absolute atomic E-state index is 0.707. The molecule has 0 aliphatic carbocycles. The number of halogens is 1. The lowest BCUT2D eigenvalue weighted by atomic mass is 10.2. The predicted octanol–water partition coefficient (Wildman–Crippen LogP) is 3.96. The van der Waals surface area contributed by atoms with E-state index in [1.807, 2.05) is 18.2 Å². The van der Waals surface area contributed by atoms with Crippen LogP contribution in [0.2, 0.25) is 5.02 Å². The van der Waals surface area contributed by atoms with E-state index in [9.17, 15) is 0 Å². The normalized spacial score (nSPS) is 16.3.